The predicted molar refractivity (Wildman–Crippen MR) is 95.8 cm³/mol. The predicted octanol–water partition coefficient (Wildman–Crippen LogP) is 1.56. The number of aromatic nitrogens is 3. The molecule has 0 bridgehead atoms. The van der Waals surface area contributed by atoms with Crippen molar-refractivity contribution in [2.24, 2.45) is 11.8 Å². The van der Waals surface area contributed by atoms with Crippen molar-refractivity contribution in [2.75, 3.05) is 13.6 Å². The highest BCUT2D eigenvalue weighted by molar-refractivity contribution is 5.95. The van der Waals surface area contributed by atoms with Crippen LogP contribution in [0.2, 0.25) is 0 Å². The van der Waals surface area contributed by atoms with Crippen molar-refractivity contribution in [1.82, 2.24) is 25.0 Å². The van der Waals surface area contributed by atoms with Gasteiger partial charge in [-0.15, -0.1) is 0 Å². The zero-order valence-corrected chi connectivity index (χ0v) is 15.1. The Morgan fingerprint density at radius 1 is 1.31 bits per heavy atom. The van der Waals surface area contributed by atoms with Crippen LogP contribution in [0.1, 0.15) is 35.3 Å². The molecule has 3 heterocycles. The minimum atomic E-state index is -0.0207. The van der Waals surface area contributed by atoms with Gasteiger partial charge in [-0.2, -0.15) is 5.10 Å². The van der Waals surface area contributed by atoms with Crippen LogP contribution in [0.5, 0.6) is 0 Å². The number of nitrogens with zero attached hydrogens (tertiary/aromatic N) is 4. The molecule has 0 aromatic carbocycles. The first-order valence-electron chi connectivity index (χ1n) is 9.04. The zero-order valence-electron chi connectivity index (χ0n) is 15.1. The van der Waals surface area contributed by atoms with Crippen LogP contribution >= 0.6 is 0 Å². The van der Waals surface area contributed by atoms with Crippen LogP contribution in [0.15, 0.2) is 30.6 Å². The molecule has 4 rings (SSSR count). The topological polar surface area (TPSA) is 80.1 Å². The maximum Gasteiger partial charge on any atom is 0.257 e. The van der Waals surface area contributed by atoms with Crippen LogP contribution in [-0.4, -0.2) is 51.1 Å². The summed E-state index contributed by atoms with van der Waals surface area (Å²) < 4.78 is 1.69. The molecule has 2 aliphatic rings. The van der Waals surface area contributed by atoms with Gasteiger partial charge in [-0.25, -0.2) is 9.67 Å². The summed E-state index contributed by atoms with van der Waals surface area (Å²) in [5.41, 5.74) is 1.38. The third kappa shape index (κ3) is 2.87. The van der Waals surface area contributed by atoms with Crippen LogP contribution < -0.4 is 5.32 Å². The number of nitrogens with one attached hydrogen (secondary N) is 1. The first-order chi connectivity index (χ1) is 12.5. The summed E-state index contributed by atoms with van der Waals surface area (Å²) in [5, 5.41) is 7.29. The Labute approximate surface area is 152 Å². The number of hydrogen-bond acceptors (Lipinski definition) is 4. The van der Waals surface area contributed by atoms with Crippen molar-refractivity contribution in [2.45, 2.75) is 32.2 Å². The van der Waals surface area contributed by atoms with Crippen molar-refractivity contribution in [3.05, 3.63) is 41.9 Å². The number of fused-ring (bicyclic) bond motifs is 1. The van der Waals surface area contributed by atoms with Crippen molar-refractivity contribution in [1.29, 1.82) is 0 Å². The van der Waals surface area contributed by atoms with Crippen molar-refractivity contribution in [3.63, 3.8) is 0 Å². The Morgan fingerprint density at radius 2 is 2.12 bits per heavy atom. The van der Waals surface area contributed by atoms with E-state index in [1.54, 1.807) is 17.1 Å². The van der Waals surface area contributed by atoms with Crippen molar-refractivity contribution < 1.29 is 9.59 Å². The molecule has 2 aromatic heterocycles. The lowest BCUT2D eigenvalue weighted by atomic mass is 9.89. The molecule has 1 saturated heterocycles. The Balaban J connectivity index is 1.51. The first-order valence-corrected chi connectivity index (χ1v) is 9.04. The second-order valence-corrected chi connectivity index (χ2v) is 7.31. The van der Waals surface area contributed by atoms with Gasteiger partial charge < -0.3 is 10.2 Å². The van der Waals surface area contributed by atoms with Gasteiger partial charge in [-0.3, -0.25) is 9.59 Å². The molecule has 136 valence electrons. The van der Waals surface area contributed by atoms with Gasteiger partial charge >= 0.3 is 0 Å². The molecule has 2 aromatic rings. The lowest BCUT2D eigenvalue weighted by Gasteiger charge is -2.24. The molecule has 26 heavy (non-hydrogen) atoms. The summed E-state index contributed by atoms with van der Waals surface area (Å²) in [7, 11) is 1.86. The molecule has 0 radical (unpaired) electrons. The van der Waals surface area contributed by atoms with E-state index < -0.39 is 0 Å². The number of piperidine rings is 1. The van der Waals surface area contributed by atoms with Gasteiger partial charge in [-0.05, 0) is 43.7 Å². The third-order valence-corrected chi connectivity index (χ3v) is 5.80. The molecular weight excluding hydrogens is 330 g/mol. The molecule has 0 spiro atoms. The summed E-state index contributed by atoms with van der Waals surface area (Å²) >= 11 is 0. The molecule has 7 heteroatoms. The highest BCUT2D eigenvalue weighted by Gasteiger charge is 2.41. The fraction of sp³-hybridized carbons (Fsp3) is 0.474. The number of hydrogen-bond donors (Lipinski definition) is 1. The van der Waals surface area contributed by atoms with Crippen LogP contribution in [-0.2, 0) is 4.79 Å². The average Bonchev–Trinajstić information content (AvgIpc) is 3.24. The van der Waals surface area contributed by atoms with Crippen molar-refractivity contribution in [3.8, 4) is 5.82 Å². The Kier molecular flexibility index (Phi) is 4.22. The molecule has 1 aliphatic heterocycles. The summed E-state index contributed by atoms with van der Waals surface area (Å²) in [4.78, 5) is 30.8. The highest BCUT2D eigenvalue weighted by atomic mass is 16.2. The minimum Gasteiger partial charge on any atom is -0.356 e. The molecule has 2 amide bonds. The fourth-order valence-electron chi connectivity index (χ4n) is 4.24. The van der Waals surface area contributed by atoms with Crippen LogP contribution in [0.3, 0.4) is 0 Å². The van der Waals surface area contributed by atoms with Gasteiger partial charge in [0.25, 0.3) is 5.91 Å². The molecule has 7 nitrogen and oxygen atoms in total. The summed E-state index contributed by atoms with van der Waals surface area (Å²) in [6.45, 7) is 2.62. The average molecular weight is 353 g/mol. The van der Waals surface area contributed by atoms with E-state index in [4.69, 9.17) is 0 Å². The van der Waals surface area contributed by atoms with Gasteiger partial charge in [0.05, 0.1) is 17.5 Å². The maximum absolute atomic E-state index is 13.0. The van der Waals surface area contributed by atoms with E-state index >= 15 is 0 Å². The Hall–Kier alpha value is -2.70. The number of pyridine rings is 1. The number of rotatable bonds is 3. The highest BCUT2D eigenvalue weighted by Crippen LogP contribution is 2.38. The van der Waals surface area contributed by atoms with Gasteiger partial charge in [0.15, 0.2) is 5.82 Å². The maximum atomic E-state index is 13.0. The summed E-state index contributed by atoms with van der Waals surface area (Å²) in [6.07, 6.45) is 5.75. The molecular formula is C19H23N5O2. The molecule has 1 N–H and O–H groups in total. The fourth-order valence-corrected chi connectivity index (χ4v) is 4.24. The van der Waals surface area contributed by atoms with Crippen LogP contribution in [0, 0.1) is 18.8 Å². The van der Waals surface area contributed by atoms with Crippen LogP contribution in [0.25, 0.3) is 5.82 Å². The standard InChI is InChI=1S/C19H23N5O2/c1-12-16(11-22-24(12)17-5-3-4-6-20-17)19(26)23(2)15-7-13-9-18(25)21-10-14(13)8-15/h3-6,11,13-15H,7-10H2,1-2H3,(H,21,25)/t13-,14+,15-/m0/s1. The second-order valence-electron chi connectivity index (χ2n) is 7.31. The van der Waals surface area contributed by atoms with E-state index in [1.165, 1.54) is 0 Å². The van der Waals surface area contributed by atoms with E-state index in [0.717, 1.165) is 25.1 Å². The monoisotopic (exact) mass is 353 g/mol. The quantitative estimate of drug-likeness (QED) is 0.908. The van der Waals surface area contributed by atoms with E-state index in [-0.39, 0.29) is 17.9 Å². The molecule has 1 saturated carbocycles. The SMILES string of the molecule is Cc1c(C(=O)N(C)[C@H]2C[C@H]3CC(=O)NC[C@H]3C2)cnn1-c1ccccn1. The number of amides is 2. The minimum absolute atomic E-state index is 0.0207. The van der Waals surface area contributed by atoms with Crippen molar-refractivity contribution >= 4 is 11.8 Å². The van der Waals surface area contributed by atoms with E-state index in [0.29, 0.717) is 29.6 Å². The molecule has 2 fully saturated rings. The normalized spacial score (nSPS) is 24.8. The van der Waals surface area contributed by atoms with E-state index in [1.807, 2.05) is 37.1 Å². The number of carbonyl (C=O) groups excluding carboxylic acids is 2. The lowest BCUT2D eigenvalue weighted by molar-refractivity contribution is -0.124. The van der Waals surface area contributed by atoms with Gasteiger partial charge in [0.2, 0.25) is 5.91 Å². The number of carbonyl (C=O) groups is 2. The zero-order chi connectivity index (χ0) is 18.3. The second kappa shape index (κ2) is 6.55. The Bertz CT molecular complexity index is 832. The third-order valence-electron chi connectivity index (χ3n) is 5.80. The first kappa shape index (κ1) is 16.8. The molecule has 0 unspecified atom stereocenters. The van der Waals surface area contributed by atoms with Gasteiger partial charge in [0, 0.05) is 32.3 Å². The van der Waals surface area contributed by atoms with Gasteiger partial charge in [0.1, 0.15) is 0 Å². The molecule has 3 atom stereocenters. The van der Waals surface area contributed by atoms with Gasteiger partial charge in [-0.1, -0.05) is 6.07 Å². The largest absolute Gasteiger partial charge is 0.356 e. The lowest BCUT2D eigenvalue weighted by Crippen LogP contribution is -2.38. The summed E-state index contributed by atoms with van der Waals surface area (Å²) in [5.74, 6) is 1.68. The Morgan fingerprint density at radius 3 is 2.88 bits per heavy atom. The van der Waals surface area contributed by atoms with Crippen LogP contribution in [0.4, 0.5) is 0 Å². The smallest absolute Gasteiger partial charge is 0.257 e. The molecule has 1 aliphatic carbocycles. The van der Waals surface area contributed by atoms with E-state index in [2.05, 4.69) is 15.4 Å². The summed E-state index contributed by atoms with van der Waals surface area (Å²) in [6, 6.07) is 5.78. The van der Waals surface area contributed by atoms with E-state index in [9.17, 15) is 9.59 Å².